The largest absolute Gasteiger partial charge is 0.480 e. The van der Waals surface area contributed by atoms with Crippen molar-refractivity contribution < 1.29 is 19.1 Å². The predicted molar refractivity (Wildman–Crippen MR) is 100 cm³/mol. The molecule has 0 saturated carbocycles. The molecule has 2 aromatic rings. The van der Waals surface area contributed by atoms with Crippen LogP contribution < -0.4 is 10.1 Å². The average molecular weight is 376 g/mol. The van der Waals surface area contributed by atoms with Gasteiger partial charge in [-0.2, -0.15) is 0 Å². The second kappa shape index (κ2) is 9.82. The van der Waals surface area contributed by atoms with Crippen molar-refractivity contribution >= 4 is 23.5 Å². The van der Waals surface area contributed by atoms with Gasteiger partial charge < -0.3 is 14.8 Å². The molecule has 1 amide bonds. The Hall–Kier alpha value is -2.53. The number of carbonyl (C=O) groups is 2. The number of nitrogens with one attached hydrogen (secondary N) is 1. The van der Waals surface area contributed by atoms with Crippen LogP contribution in [-0.2, 0) is 14.3 Å². The molecule has 0 spiro atoms. The molecule has 0 saturated heterocycles. The van der Waals surface area contributed by atoms with E-state index < -0.39 is 5.97 Å². The minimum atomic E-state index is -0.636. The molecule has 5 nitrogen and oxygen atoms in total. The first-order chi connectivity index (χ1) is 12.5. The number of rotatable bonds is 8. The number of hydrogen-bond acceptors (Lipinski definition) is 4. The SMILES string of the molecule is CC[C@@H](NC(=O)COC(=O)COc1ccccc1Cl)c1ccc(C)cc1. The summed E-state index contributed by atoms with van der Waals surface area (Å²) in [6, 6.07) is 14.6. The van der Waals surface area contributed by atoms with E-state index in [1.165, 1.54) is 0 Å². The summed E-state index contributed by atoms with van der Waals surface area (Å²) < 4.78 is 10.2. The minimum absolute atomic E-state index is 0.124. The van der Waals surface area contributed by atoms with Crippen LogP contribution in [0.15, 0.2) is 48.5 Å². The Balaban J connectivity index is 1.77. The summed E-state index contributed by atoms with van der Waals surface area (Å²) in [6.45, 7) is 3.32. The lowest BCUT2D eigenvalue weighted by Crippen LogP contribution is -2.32. The fourth-order valence-electron chi connectivity index (χ4n) is 2.34. The highest BCUT2D eigenvalue weighted by atomic mass is 35.5. The van der Waals surface area contributed by atoms with Crippen molar-refractivity contribution in [2.75, 3.05) is 13.2 Å². The van der Waals surface area contributed by atoms with Gasteiger partial charge in [-0.05, 0) is 31.0 Å². The van der Waals surface area contributed by atoms with E-state index in [1.807, 2.05) is 38.1 Å². The van der Waals surface area contributed by atoms with E-state index >= 15 is 0 Å². The molecular weight excluding hydrogens is 354 g/mol. The zero-order chi connectivity index (χ0) is 18.9. The van der Waals surface area contributed by atoms with Crippen molar-refractivity contribution in [3.8, 4) is 5.75 Å². The molecule has 2 rings (SSSR count). The molecule has 138 valence electrons. The lowest BCUT2D eigenvalue weighted by Gasteiger charge is -2.17. The summed E-state index contributed by atoms with van der Waals surface area (Å²) in [5.41, 5.74) is 2.17. The highest BCUT2D eigenvalue weighted by molar-refractivity contribution is 6.32. The van der Waals surface area contributed by atoms with E-state index in [9.17, 15) is 9.59 Å². The van der Waals surface area contributed by atoms with Gasteiger partial charge in [0.1, 0.15) is 5.75 Å². The third kappa shape index (κ3) is 6.08. The zero-order valence-corrected chi connectivity index (χ0v) is 15.6. The fraction of sp³-hybridized carbons (Fsp3) is 0.300. The Morgan fingerprint density at radius 2 is 1.77 bits per heavy atom. The Kier molecular flexibility index (Phi) is 7.48. The van der Waals surface area contributed by atoms with Gasteiger partial charge in [-0.3, -0.25) is 4.79 Å². The van der Waals surface area contributed by atoms with Crippen LogP contribution in [0.4, 0.5) is 0 Å². The van der Waals surface area contributed by atoms with Crippen LogP contribution >= 0.6 is 11.6 Å². The molecule has 0 fully saturated rings. The molecule has 1 N–H and O–H groups in total. The highest BCUT2D eigenvalue weighted by Crippen LogP contribution is 2.22. The second-order valence-electron chi connectivity index (χ2n) is 5.82. The van der Waals surface area contributed by atoms with Crippen LogP contribution in [0.1, 0.15) is 30.5 Å². The Labute approximate surface area is 158 Å². The number of carbonyl (C=O) groups excluding carboxylic acids is 2. The summed E-state index contributed by atoms with van der Waals surface area (Å²) in [6.07, 6.45) is 0.734. The van der Waals surface area contributed by atoms with Gasteiger partial charge in [0.2, 0.25) is 0 Å². The van der Waals surface area contributed by atoms with Gasteiger partial charge in [0.15, 0.2) is 13.2 Å². The lowest BCUT2D eigenvalue weighted by molar-refractivity contribution is -0.150. The molecule has 2 aromatic carbocycles. The van der Waals surface area contributed by atoms with Crippen LogP contribution in [-0.4, -0.2) is 25.1 Å². The molecular formula is C20H22ClNO4. The number of hydrogen-bond donors (Lipinski definition) is 1. The molecule has 0 bridgehead atoms. The highest BCUT2D eigenvalue weighted by Gasteiger charge is 2.14. The van der Waals surface area contributed by atoms with E-state index in [2.05, 4.69) is 5.32 Å². The summed E-state index contributed by atoms with van der Waals surface area (Å²) in [4.78, 5) is 23.8. The quantitative estimate of drug-likeness (QED) is 0.712. The van der Waals surface area contributed by atoms with Gasteiger partial charge in [-0.25, -0.2) is 4.79 Å². The molecule has 0 aliphatic rings. The van der Waals surface area contributed by atoms with Gasteiger partial charge in [0.05, 0.1) is 11.1 Å². The van der Waals surface area contributed by atoms with Gasteiger partial charge >= 0.3 is 5.97 Å². The Morgan fingerprint density at radius 1 is 1.08 bits per heavy atom. The van der Waals surface area contributed by atoms with E-state index in [0.29, 0.717) is 10.8 Å². The molecule has 0 aromatic heterocycles. The average Bonchev–Trinajstić information content (AvgIpc) is 2.64. The van der Waals surface area contributed by atoms with Crippen molar-refractivity contribution in [2.45, 2.75) is 26.3 Å². The zero-order valence-electron chi connectivity index (χ0n) is 14.8. The summed E-state index contributed by atoms with van der Waals surface area (Å²) in [7, 11) is 0. The first kappa shape index (κ1) is 19.8. The molecule has 0 heterocycles. The molecule has 1 atom stereocenters. The first-order valence-corrected chi connectivity index (χ1v) is 8.76. The maximum Gasteiger partial charge on any atom is 0.344 e. The van der Waals surface area contributed by atoms with Crippen LogP contribution in [0.3, 0.4) is 0 Å². The van der Waals surface area contributed by atoms with Crippen molar-refractivity contribution in [1.82, 2.24) is 5.32 Å². The number of para-hydroxylation sites is 1. The van der Waals surface area contributed by atoms with Crippen LogP contribution in [0.5, 0.6) is 5.75 Å². The molecule has 0 radical (unpaired) electrons. The summed E-state index contributed by atoms with van der Waals surface area (Å²) in [5.74, 6) is -0.604. The molecule has 0 aliphatic carbocycles. The second-order valence-corrected chi connectivity index (χ2v) is 6.23. The van der Waals surface area contributed by atoms with Gasteiger partial charge in [0, 0.05) is 0 Å². The monoisotopic (exact) mass is 375 g/mol. The maximum atomic E-state index is 12.0. The van der Waals surface area contributed by atoms with Gasteiger partial charge in [-0.15, -0.1) is 0 Å². The topological polar surface area (TPSA) is 64.6 Å². The third-order valence-electron chi connectivity index (χ3n) is 3.77. The Bertz CT molecular complexity index is 746. The lowest BCUT2D eigenvalue weighted by atomic mass is 10.0. The van der Waals surface area contributed by atoms with Crippen molar-refractivity contribution in [3.63, 3.8) is 0 Å². The van der Waals surface area contributed by atoms with Crippen LogP contribution in [0.2, 0.25) is 5.02 Å². The normalized spacial score (nSPS) is 11.5. The first-order valence-electron chi connectivity index (χ1n) is 8.38. The predicted octanol–water partition coefficient (Wildman–Crippen LogP) is 3.84. The standard InChI is InChI=1S/C20H22ClNO4/c1-3-17(15-10-8-14(2)9-11-15)22-19(23)12-26-20(24)13-25-18-7-5-4-6-16(18)21/h4-11,17H,3,12-13H2,1-2H3,(H,22,23)/t17-/m1/s1. The van der Waals surface area contributed by atoms with Crippen LogP contribution in [0.25, 0.3) is 0 Å². The van der Waals surface area contributed by atoms with E-state index in [-0.39, 0.29) is 25.2 Å². The Morgan fingerprint density at radius 3 is 2.42 bits per heavy atom. The number of esters is 1. The smallest absolute Gasteiger partial charge is 0.344 e. The van der Waals surface area contributed by atoms with Gasteiger partial charge in [-0.1, -0.05) is 60.5 Å². The number of ether oxygens (including phenoxy) is 2. The third-order valence-corrected chi connectivity index (χ3v) is 4.08. The van der Waals surface area contributed by atoms with E-state index in [1.54, 1.807) is 24.3 Å². The van der Waals surface area contributed by atoms with E-state index in [4.69, 9.17) is 21.1 Å². The summed E-state index contributed by atoms with van der Waals surface area (Å²) in [5, 5.41) is 3.27. The minimum Gasteiger partial charge on any atom is -0.480 e. The number of benzene rings is 2. The summed E-state index contributed by atoms with van der Waals surface area (Å²) >= 11 is 5.94. The van der Waals surface area contributed by atoms with Gasteiger partial charge in [0.25, 0.3) is 5.91 Å². The number of aryl methyl sites for hydroxylation is 1. The van der Waals surface area contributed by atoms with Crippen molar-refractivity contribution in [3.05, 3.63) is 64.7 Å². The van der Waals surface area contributed by atoms with E-state index in [0.717, 1.165) is 17.5 Å². The number of halogens is 1. The molecule has 6 heteroatoms. The molecule has 26 heavy (non-hydrogen) atoms. The fourth-order valence-corrected chi connectivity index (χ4v) is 2.53. The number of amides is 1. The van der Waals surface area contributed by atoms with Crippen molar-refractivity contribution in [2.24, 2.45) is 0 Å². The van der Waals surface area contributed by atoms with Crippen molar-refractivity contribution in [1.29, 1.82) is 0 Å². The van der Waals surface area contributed by atoms with Crippen LogP contribution in [0, 0.1) is 6.92 Å². The molecule has 0 aliphatic heterocycles. The maximum absolute atomic E-state index is 12.0. The molecule has 0 unspecified atom stereocenters.